The van der Waals surface area contributed by atoms with Crippen LogP contribution in [0.4, 0.5) is 4.79 Å². The summed E-state index contributed by atoms with van der Waals surface area (Å²) < 4.78 is 9.40. The summed E-state index contributed by atoms with van der Waals surface area (Å²) in [5.74, 6) is -1.40. The van der Waals surface area contributed by atoms with Crippen molar-refractivity contribution in [1.82, 2.24) is 5.32 Å². The van der Waals surface area contributed by atoms with Gasteiger partial charge in [0.2, 0.25) is 5.79 Å². The van der Waals surface area contributed by atoms with E-state index in [1.807, 2.05) is 0 Å². The van der Waals surface area contributed by atoms with Crippen LogP contribution in [0.25, 0.3) is 0 Å². The van der Waals surface area contributed by atoms with Gasteiger partial charge in [-0.25, -0.2) is 4.79 Å². The van der Waals surface area contributed by atoms with Crippen LogP contribution in [0.5, 0.6) is 0 Å². The lowest BCUT2D eigenvalue weighted by atomic mass is 10.2. The highest BCUT2D eigenvalue weighted by Crippen LogP contribution is 2.16. The van der Waals surface area contributed by atoms with E-state index in [1.165, 1.54) is 14.0 Å². The molecular formula is C6H11NO4. The second kappa shape index (κ2) is 2.67. The molecule has 1 aliphatic heterocycles. The average molecular weight is 161 g/mol. The third kappa shape index (κ3) is 1.61. The summed E-state index contributed by atoms with van der Waals surface area (Å²) in [6, 6.07) is 0. The van der Waals surface area contributed by atoms with E-state index in [1.54, 1.807) is 0 Å². The average Bonchev–Trinajstić information content (AvgIpc) is 2.36. The van der Waals surface area contributed by atoms with Gasteiger partial charge in [0.05, 0.1) is 6.54 Å². The second-order valence-electron chi connectivity index (χ2n) is 2.53. The van der Waals surface area contributed by atoms with Crippen molar-refractivity contribution in [3.05, 3.63) is 0 Å². The first kappa shape index (κ1) is 8.29. The Balaban J connectivity index is 2.55. The predicted octanol–water partition coefficient (Wildman–Crippen LogP) is -0.550. The molecule has 0 aromatic heterocycles. The molecule has 0 bridgehead atoms. The molecule has 1 rings (SSSR count). The van der Waals surface area contributed by atoms with Crippen molar-refractivity contribution < 1.29 is 19.4 Å². The van der Waals surface area contributed by atoms with E-state index < -0.39 is 18.0 Å². The molecule has 1 fully saturated rings. The van der Waals surface area contributed by atoms with Crippen LogP contribution in [0.1, 0.15) is 6.92 Å². The van der Waals surface area contributed by atoms with Gasteiger partial charge in [0.15, 0.2) is 6.10 Å². The molecule has 2 N–H and O–H groups in total. The summed E-state index contributed by atoms with van der Waals surface area (Å²) in [7, 11) is 1.35. The number of methoxy groups -OCH3 is 1. The molecule has 0 spiro atoms. The van der Waals surface area contributed by atoms with Crippen molar-refractivity contribution in [3.63, 3.8) is 0 Å². The number of hydrogen-bond acceptors (Lipinski definition) is 4. The van der Waals surface area contributed by atoms with Crippen LogP contribution in [0.15, 0.2) is 0 Å². The monoisotopic (exact) mass is 161 g/mol. The summed E-state index contributed by atoms with van der Waals surface area (Å²) in [5.41, 5.74) is 0. The number of rotatable bonds is 2. The lowest BCUT2D eigenvalue weighted by molar-refractivity contribution is -0.220. The lowest BCUT2D eigenvalue weighted by Gasteiger charge is -2.25. The van der Waals surface area contributed by atoms with Gasteiger partial charge in [-0.15, -0.1) is 0 Å². The fourth-order valence-corrected chi connectivity index (χ4v) is 0.819. The third-order valence-corrected chi connectivity index (χ3v) is 1.69. The van der Waals surface area contributed by atoms with E-state index in [0.29, 0.717) is 0 Å². The summed E-state index contributed by atoms with van der Waals surface area (Å²) >= 11 is 0. The van der Waals surface area contributed by atoms with Gasteiger partial charge in [-0.05, 0) is 6.92 Å². The Kier molecular flexibility index (Phi) is 2.01. The van der Waals surface area contributed by atoms with E-state index >= 15 is 0 Å². The molecule has 64 valence electrons. The number of cyclic esters (lactones) is 1. The molecule has 11 heavy (non-hydrogen) atoms. The Morgan fingerprint density at radius 2 is 2.55 bits per heavy atom. The summed E-state index contributed by atoms with van der Waals surface area (Å²) in [4.78, 5) is 10.5. The Morgan fingerprint density at radius 3 is 2.91 bits per heavy atom. The standard InChI is InChI=1S/C6H11NO4/c1-6(9,10-2)4-3-7-5(8)11-4/h4,9H,3H2,1-2H3,(H,7,8)/t4-,6?/m0/s1. The van der Waals surface area contributed by atoms with Gasteiger partial charge >= 0.3 is 6.09 Å². The van der Waals surface area contributed by atoms with E-state index in [-0.39, 0.29) is 6.54 Å². The van der Waals surface area contributed by atoms with Gasteiger partial charge in [-0.3, -0.25) is 0 Å². The molecule has 0 aromatic carbocycles. The Morgan fingerprint density at radius 1 is 1.91 bits per heavy atom. The van der Waals surface area contributed by atoms with Crippen LogP contribution in [0.3, 0.4) is 0 Å². The molecule has 5 heteroatoms. The molecule has 1 aliphatic rings. The van der Waals surface area contributed by atoms with Gasteiger partial charge < -0.3 is 19.9 Å². The number of carbonyl (C=O) groups excluding carboxylic acids is 1. The van der Waals surface area contributed by atoms with Gasteiger partial charge in [0, 0.05) is 7.11 Å². The van der Waals surface area contributed by atoms with Crippen molar-refractivity contribution >= 4 is 6.09 Å². The summed E-state index contributed by atoms with van der Waals surface area (Å²) in [6.07, 6.45) is -1.15. The number of amides is 1. The molecule has 0 saturated carbocycles. The van der Waals surface area contributed by atoms with Crippen molar-refractivity contribution in [2.24, 2.45) is 0 Å². The molecule has 0 aromatic rings. The van der Waals surface area contributed by atoms with Gasteiger partial charge in [0.25, 0.3) is 0 Å². The molecule has 1 amide bonds. The van der Waals surface area contributed by atoms with Crippen LogP contribution >= 0.6 is 0 Å². The first-order chi connectivity index (χ1) is 5.06. The number of ether oxygens (including phenoxy) is 2. The van der Waals surface area contributed by atoms with Crippen LogP contribution < -0.4 is 5.32 Å². The topological polar surface area (TPSA) is 67.8 Å². The number of nitrogens with one attached hydrogen (secondary N) is 1. The van der Waals surface area contributed by atoms with Gasteiger partial charge in [-0.2, -0.15) is 0 Å². The minimum atomic E-state index is -1.40. The quantitative estimate of drug-likeness (QED) is 0.533. The van der Waals surface area contributed by atoms with Gasteiger partial charge in [-0.1, -0.05) is 0 Å². The van der Waals surface area contributed by atoms with Gasteiger partial charge in [0.1, 0.15) is 0 Å². The van der Waals surface area contributed by atoms with Crippen LogP contribution in [-0.2, 0) is 9.47 Å². The minimum Gasteiger partial charge on any atom is -0.439 e. The number of alkyl carbamates (subject to hydrolysis) is 1. The maximum atomic E-state index is 10.5. The molecular weight excluding hydrogens is 150 g/mol. The molecule has 2 atom stereocenters. The molecule has 5 nitrogen and oxygen atoms in total. The number of carbonyl (C=O) groups is 1. The Bertz CT molecular complexity index is 168. The predicted molar refractivity (Wildman–Crippen MR) is 35.9 cm³/mol. The maximum Gasteiger partial charge on any atom is 0.407 e. The zero-order chi connectivity index (χ0) is 8.48. The molecule has 1 saturated heterocycles. The fourth-order valence-electron chi connectivity index (χ4n) is 0.819. The normalized spacial score (nSPS) is 29.0. The fraction of sp³-hybridized carbons (Fsp3) is 0.833. The number of hydrogen-bond donors (Lipinski definition) is 2. The number of aliphatic hydroxyl groups is 1. The largest absolute Gasteiger partial charge is 0.439 e. The Labute approximate surface area is 64.3 Å². The molecule has 0 aliphatic carbocycles. The SMILES string of the molecule is COC(C)(O)[C@@H]1CNC(=O)O1. The summed E-state index contributed by atoms with van der Waals surface area (Å²) in [6.45, 7) is 1.72. The van der Waals surface area contributed by atoms with Crippen molar-refractivity contribution in [2.75, 3.05) is 13.7 Å². The third-order valence-electron chi connectivity index (χ3n) is 1.69. The van der Waals surface area contributed by atoms with E-state index in [2.05, 4.69) is 5.32 Å². The van der Waals surface area contributed by atoms with Crippen LogP contribution in [0, 0.1) is 0 Å². The second-order valence-corrected chi connectivity index (χ2v) is 2.53. The molecule has 1 heterocycles. The van der Waals surface area contributed by atoms with E-state index in [0.717, 1.165) is 0 Å². The zero-order valence-corrected chi connectivity index (χ0v) is 6.46. The van der Waals surface area contributed by atoms with E-state index in [4.69, 9.17) is 9.47 Å². The zero-order valence-electron chi connectivity index (χ0n) is 6.46. The Hall–Kier alpha value is -0.810. The first-order valence-corrected chi connectivity index (χ1v) is 3.28. The first-order valence-electron chi connectivity index (χ1n) is 3.28. The lowest BCUT2D eigenvalue weighted by Crippen LogP contribution is -2.43. The maximum absolute atomic E-state index is 10.5. The van der Waals surface area contributed by atoms with Crippen molar-refractivity contribution in [2.45, 2.75) is 18.8 Å². The highest BCUT2D eigenvalue weighted by molar-refractivity contribution is 5.69. The van der Waals surface area contributed by atoms with E-state index in [9.17, 15) is 9.90 Å². The van der Waals surface area contributed by atoms with Crippen LogP contribution in [0.2, 0.25) is 0 Å². The highest BCUT2D eigenvalue weighted by Gasteiger charge is 2.39. The van der Waals surface area contributed by atoms with Crippen molar-refractivity contribution in [3.8, 4) is 0 Å². The smallest absolute Gasteiger partial charge is 0.407 e. The highest BCUT2D eigenvalue weighted by atomic mass is 16.7. The molecule has 0 radical (unpaired) electrons. The molecule has 1 unspecified atom stereocenters. The van der Waals surface area contributed by atoms with Crippen molar-refractivity contribution in [1.29, 1.82) is 0 Å². The summed E-state index contributed by atoms with van der Waals surface area (Å²) in [5, 5.41) is 11.8. The van der Waals surface area contributed by atoms with Crippen LogP contribution in [-0.4, -0.2) is 36.7 Å². The minimum absolute atomic E-state index is 0.277.